The molecule has 6 nitrogen and oxygen atoms in total. The number of aryl methyl sites for hydroxylation is 1. The number of rotatable bonds is 4. The molecular formula is C17H23ClN2O4S. The fourth-order valence-corrected chi connectivity index (χ4v) is 4.74. The molecule has 1 saturated heterocycles. The lowest BCUT2D eigenvalue weighted by Crippen LogP contribution is -2.49. The summed E-state index contributed by atoms with van der Waals surface area (Å²) in [5, 5.41) is 3.23. The Morgan fingerprint density at radius 2 is 1.96 bits per heavy atom. The lowest BCUT2D eigenvalue weighted by Gasteiger charge is -2.32. The van der Waals surface area contributed by atoms with Crippen molar-refractivity contribution in [2.75, 3.05) is 23.9 Å². The molecule has 1 heterocycles. The molecule has 1 aromatic carbocycles. The standard InChI is InChI=1S/C17H23ClN2O4S/c1-11-5-6-12(18)9-14(11)19-15(21)17(2,3)16(22)20(4)13-7-8-25(23,24)10-13/h5-6,9,13H,7-8,10H2,1-4H3,(H,19,21). The first-order valence-electron chi connectivity index (χ1n) is 7.99. The van der Waals surface area contributed by atoms with Crippen molar-refractivity contribution in [1.82, 2.24) is 4.90 Å². The van der Waals surface area contributed by atoms with E-state index in [2.05, 4.69) is 5.32 Å². The highest BCUT2D eigenvalue weighted by Gasteiger charge is 2.42. The molecule has 0 aliphatic carbocycles. The van der Waals surface area contributed by atoms with Crippen LogP contribution < -0.4 is 5.32 Å². The van der Waals surface area contributed by atoms with Crippen LogP contribution in [0.5, 0.6) is 0 Å². The van der Waals surface area contributed by atoms with Gasteiger partial charge in [-0.1, -0.05) is 17.7 Å². The van der Waals surface area contributed by atoms with Crippen molar-refractivity contribution >= 4 is 38.9 Å². The molecule has 1 aromatic rings. The zero-order valence-corrected chi connectivity index (χ0v) is 16.4. The van der Waals surface area contributed by atoms with Crippen LogP contribution in [-0.4, -0.2) is 49.7 Å². The Morgan fingerprint density at radius 3 is 2.52 bits per heavy atom. The molecule has 0 bridgehead atoms. The van der Waals surface area contributed by atoms with Gasteiger partial charge in [0.15, 0.2) is 9.84 Å². The van der Waals surface area contributed by atoms with E-state index in [4.69, 9.17) is 11.6 Å². The third-order valence-corrected chi connectivity index (χ3v) is 6.61. The van der Waals surface area contributed by atoms with Crippen molar-refractivity contribution in [3.8, 4) is 0 Å². The smallest absolute Gasteiger partial charge is 0.239 e. The summed E-state index contributed by atoms with van der Waals surface area (Å²) in [5.74, 6) is -0.855. The Hall–Kier alpha value is -1.60. The minimum atomic E-state index is -3.11. The fraction of sp³-hybridized carbons (Fsp3) is 0.529. The number of anilines is 1. The van der Waals surface area contributed by atoms with Gasteiger partial charge in [-0.05, 0) is 44.9 Å². The molecule has 1 aliphatic heterocycles. The summed E-state index contributed by atoms with van der Waals surface area (Å²) in [5.41, 5.74) is 0.0382. The quantitative estimate of drug-likeness (QED) is 0.804. The molecule has 8 heteroatoms. The zero-order valence-electron chi connectivity index (χ0n) is 14.8. The van der Waals surface area contributed by atoms with Crippen molar-refractivity contribution in [2.45, 2.75) is 33.2 Å². The summed E-state index contributed by atoms with van der Waals surface area (Å²) in [4.78, 5) is 26.8. The molecule has 2 amide bonds. The third-order valence-electron chi connectivity index (χ3n) is 4.63. The lowest BCUT2D eigenvalue weighted by atomic mass is 9.89. The van der Waals surface area contributed by atoms with Crippen LogP contribution in [0.3, 0.4) is 0 Å². The molecule has 0 spiro atoms. The Balaban J connectivity index is 2.14. The molecule has 2 rings (SSSR count). The van der Waals surface area contributed by atoms with Gasteiger partial charge in [-0.15, -0.1) is 0 Å². The summed E-state index contributed by atoms with van der Waals surface area (Å²) in [6, 6.07) is 4.74. The molecule has 0 aromatic heterocycles. The summed E-state index contributed by atoms with van der Waals surface area (Å²) < 4.78 is 23.3. The normalized spacial score (nSPS) is 19.5. The predicted octanol–water partition coefficient (Wildman–Crippen LogP) is 2.26. The van der Waals surface area contributed by atoms with Gasteiger partial charge in [-0.2, -0.15) is 0 Å². The van der Waals surface area contributed by atoms with Gasteiger partial charge in [0.25, 0.3) is 0 Å². The van der Waals surface area contributed by atoms with Gasteiger partial charge >= 0.3 is 0 Å². The van der Waals surface area contributed by atoms with E-state index in [0.717, 1.165) is 5.56 Å². The highest BCUT2D eigenvalue weighted by molar-refractivity contribution is 7.91. The Kier molecular flexibility index (Phi) is 5.49. The maximum absolute atomic E-state index is 12.8. The van der Waals surface area contributed by atoms with Crippen molar-refractivity contribution in [3.05, 3.63) is 28.8 Å². The number of benzene rings is 1. The Morgan fingerprint density at radius 1 is 1.32 bits per heavy atom. The van der Waals surface area contributed by atoms with Crippen LogP contribution in [0.15, 0.2) is 18.2 Å². The summed E-state index contributed by atoms with van der Waals surface area (Å²) in [6.07, 6.45) is 0.398. The lowest BCUT2D eigenvalue weighted by molar-refractivity contribution is -0.146. The van der Waals surface area contributed by atoms with Crippen molar-refractivity contribution in [3.63, 3.8) is 0 Å². The van der Waals surface area contributed by atoms with E-state index >= 15 is 0 Å². The number of carbonyl (C=O) groups is 2. The van der Waals surface area contributed by atoms with Crippen LogP contribution in [0.2, 0.25) is 5.02 Å². The van der Waals surface area contributed by atoms with Crippen LogP contribution in [-0.2, 0) is 19.4 Å². The van der Waals surface area contributed by atoms with Gasteiger partial charge in [0.05, 0.1) is 11.5 Å². The van der Waals surface area contributed by atoms with Crippen LogP contribution in [0.1, 0.15) is 25.8 Å². The van der Waals surface area contributed by atoms with Crippen LogP contribution in [0.25, 0.3) is 0 Å². The second-order valence-electron chi connectivity index (χ2n) is 7.01. The molecule has 25 heavy (non-hydrogen) atoms. The number of amides is 2. The second kappa shape index (κ2) is 6.96. The first-order chi connectivity index (χ1) is 11.4. The third kappa shape index (κ3) is 4.33. The van der Waals surface area contributed by atoms with Crippen LogP contribution in [0.4, 0.5) is 5.69 Å². The van der Waals surface area contributed by atoms with E-state index < -0.39 is 33.1 Å². The van der Waals surface area contributed by atoms with Gasteiger partial charge in [-0.3, -0.25) is 9.59 Å². The second-order valence-corrected chi connectivity index (χ2v) is 9.68. The minimum Gasteiger partial charge on any atom is -0.341 e. The molecule has 0 saturated carbocycles. The monoisotopic (exact) mass is 386 g/mol. The first-order valence-corrected chi connectivity index (χ1v) is 10.2. The SMILES string of the molecule is Cc1ccc(Cl)cc1NC(=O)C(C)(C)C(=O)N(C)C1CCS(=O)(=O)C1. The molecule has 1 unspecified atom stereocenters. The Labute approximate surface area is 153 Å². The number of carbonyl (C=O) groups excluding carboxylic acids is 2. The summed E-state index contributed by atoms with van der Waals surface area (Å²) >= 11 is 5.96. The number of sulfone groups is 1. The van der Waals surface area contributed by atoms with Crippen molar-refractivity contribution in [1.29, 1.82) is 0 Å². The summed E-state index contributed by atoms with van der Waals surface area (Å²) in [6.45, 7) is 4.89. The number of halogens is 1. The van der Waals surface area contributed by atoms with Crippen molar-refractivity contribution in [2.24, 2.45) is 5.41 Å². The number of nitrogens with zero attached hydrogens (tertiary/aromatic N) is 1. The zero-order chi connectivity index (χ0) is 19.0. The summed E-state index contributed by atoms with van der Waals surface area (Å²) in [7, 11) is -1.56. The number of hydrogen-bond donors (Lipinski definition) is 1. The van der Waals surface area contributed by atoms with E-state index in [-0.39, 0.29) is 11.5 Å². The number of nitrogens with one attached hydrogen (secondary N) is 1. The maximum Gasteiger partial charge on any atom is 0.239 e. The molecule has 138 valence electrons. The minimum absolute atomic E-state index is 0.0552. The fourth-order valence-electron chi connectivity index (χ4n) is 2.79. The van der Waals surface area contributed by atoms with E-state index in [0.29, 0.717) is 17.1 Å². The maximum atomic E-state index is 12.8. The number of hydrogen-bond acceptors (Lipinski definition) is 4. The van der Waals surface area contributed by atoms with Crippen LogP contribution in [0, 0.1) is 12.3 Å². The van der Waals surface area contributed by atoms with E-state index in [9.17, 15) is 18.0 Å². The first kappa shape index (κ1) is 19.7. The van der Waals surface area contributed by atoms with E-state index in [1.165, 1.54) is 18.7 Å². The predicted molar refractivity (Wildman–Crippen MR) is 98.4 cm³/mol. The van der Waals surface area contributed by atoms with E-state index in [1.807, 2.05) is 6.92 Å². The van der Waals surface area contributed by atoms with Crippen LogP contribution >= 0.6 is 11.6 Å². The molecule has 1 aliphatic rings. The molecule has 0 radical (unpaired) electrons. The highest BCUT2D eigenvalue weighted by atomic mass is 35.5. The Bertz CT molecular complexity index is 805. The molecular weight excluding hydrogens is 364 g/mol. The average molecular weight is 387 g/mol. The van der Waals surface area contributed by atoms with Gasteiger partial charge in [-0.25, -0.2) is 8.42 Å². The topological polar surface area (TPSA) is 83.6 Å². The highest BCUT2D eigenvalue weighted by Crippen LogP contribution is 2.27. The molecule has 1 atom stereocenters. The average Bonchev–Trinajstić information content (AvgIpc) is 2.89. The van der Waals surface area contributed by atoms with E-state index in [1.54, 1.807) is 25.2 Å². The van der Waals surface area contributed by atoms with Crippen molar-refractivity contribution < 1.29 is 18.0 Å². The molecule has 1 fully saturated rings. The van der Waals surface area contributed by atoms with Gasteiger partial charge in [0.2, 0.25) is 11.8 Å². The van der Waals surface area contributed by atoms with Gasteiger partial charge < -0.3 is 10.2 Å². The largest absolute Gasteiger partial charge is 0.341 e. The van der Waals surface area contributed by atoms with Gasteiger partial charge in [0.1, 0.15) is 5.41 Å². The van der Waals surface area contributed by atoms with Gasteiger partial charge in [0, 0.05) is 23.8 Å². The molecule has 1 N–H and O–H groups in total.